The summed E-state index contributed by atoms with van der Waals surface area (Å²) in [4.78, 5) is 49.2. The molecular formula is C18H27N5O3S. The Labute approximate surface area is 163 Å². The lowest BCUT2D eigenvalue weighted by molar-refractivity contribution is -0.139. The Morgan fingerprint density at radius 3 is 2.48 bits per heavy atom. The van der Waals surface area contributed by atoms with Crippen molar-refractivity contribution in [2.24, 2.45) is 5.92 Å². The van der Waals surface area contributed by atoms with Gasteiger partial charge in [0.2, 0.25) is 5.91 Å². The van der Waals surface area contributed by atoms with Gasteiger partial charge in [-0.05, 0) is 18.8 Å². The van der Waals surface area contributed by atoms with Crippen LogP contribution >= 0.6 is 11.3 Å². The minimum Gasteiger partial charge on any atom is -0.348 e. The highest BCUT2D eigenvalue weighted by atomic mass is 32.1. The summed E-state index contributed by atoms with van der Waals surface area (Å²) < 4.78 is 0. The van der Waals surface area contributed by atoms with E-state index in [9.17, 15) is 14.4 Å². The zero-order chi connectivity index (χ0) is 19.8. The van der Waals surface area contributed by atoms with E-state index in [0.29, 0.717) is 32.5 Å². The van der Waals surface area contributed by atoms with Gasteiger partial charge < -0.3 is 14.7 Å². The molecular weight excluding hydrogens is 366 g/mol. The molecule has 1 spiro atoms. The van der Waals surface area contributed by atoms with Gasteiger partial charge in [0.15, 0.2) is 5.13 Å². The number of aromatic nitrogens is 1. The highest BCUT2D eigenvalue weighted by molar-refractivity contribution is 7.13. The lowest BCUT2D eigenvalue weighted by Gasteiger charge is -2.42. The Morgan fingerprint density at radius 2 is 1.96 bits per heavy atom. The van der Waals surface area contributed by atoms with Gasteiger partial charge in [0.25, 0.3) is 5.91 Å². The molecule has 0 saturated carbocycles. The number of anilines is 1. The second-order valence-electron chi connectivity index (χ2n) is 7.80. The van der Waals surface area contributed by atoms with Gasteiger partial charge in [-0.3, -0.25) is 14.5 Å². The molecule has 2 fully saturated rings. The zero-order valence-corrected chi connectivity index (χ0v) is 17.2. The summed E-state index contributed by atoms with van der Waals surface area (Å²) in [5, 5.41) is 2.88. The number of rotatable bonds is 5. The van der Waals surface area contributed by atoms with Gasteiger partial charge in [0.05, 0.1) is 0 Å². The van der Waals surface area contributed by atoms with E-state index < -0.39 is 5.54 Å². The third-order valence-corrected chi connectivity index (χ3v) is 6.07. The van der Waals surface area contributed by atoms with Crippen LogP contribution in [0, 0.1) is 5.92 Å². The summed E-state index contributed by atoms with van der Waals surface area (Å²) in [6, 6.07) is -0.341. The number of carbonyl (C=O) groups is 3. The lowest BCUT2D eigenvalue weighted by atomic mass is 9.85. The highest BCUT2D eigenvalue weighted by Gasteiger charge is 2.58. The van der Waals surface area contributed by atoms with Gasteiger partial charge in [0.1, 0.15) is 12.1 Å². The largest absolute Gasteiger partial charge is 0.348 e. The number of carbonyl (C=O) groups excluding carboxylic acids is 3. The topological polar surface area (TPSA) is 77.1 Å². The first-order valence-corrected chi connectivity index (χ1v) is 10.1. The Kier molecular flexibility index (Phi) is 5.41. The van der Waals surface area contributed by atoms with Crippen LogP contribution in [-0.2, 0) is 9.59 Å². The van der Waals surface area contributed by atoms with Crippen molar-refractivity contribution < 1.29 is 14.4 Å². The second-order valence-corrected chi connectivity index (χ2v) is 8.67. The zero-order valence-electron chi connectivity index (χ0n) is 16.3. The van der Waals surface area contributed by atoms with Gasteiger partial charge in [-0.2, -0.15) is 0 Å². The van der Waals surface area contributed by atoms with E-state index in [-0.39, 0.29) is 30.3 Å². The van der Waals surface area contributed by atoms with Crippen LogP contribution in [0.25, 0.3) is 0 Å². The van der Waals surface area contributed by atoms with Crippen molar-refractivity contribution >= 4 is 34.3 Å². The first-order valence-electron chi connectivity index (χ1n) is 9.24. The molecule has 0 bridgehead atoms. The molecule has 1 aromatic rings. The monoisotopic (exact) mass is 393 g/mol. The molecule has 0 N–H and O–H groups in total. The normalized spacial score (nSPS) is 19.5. The maximum atomic E-state index is 13.3. The molecule has 148 valence electrons. The summed E-state index contributed by atoms with van der Waals surface area (Å²) >= 11 is 1.57. The number of hydrogen-bond donors (Lipinski definition) is 0. The molecule has 0 unspecified atom stereocenters. The minimum absolute atomic E-state index is 0.197. The van der Waals surface area contributed by atoms with Crippen LogP contribution in [0.5, 0.6) is 0 Å². The second kappa shape index (κ2) is 7.46. The summed E-state index contributed by atoms with van der Waals surface area (Å²) in [5.74, 6) is -0.249. The number of nitrogens with zero attached hydrogens (tertiary/aromatic N) is 5. The summed E-state index contributed by atoms with van der Waals surface area (Å²) in [6.45, 7) is 5.70. The maximum Gasteiger partial charge on any atom is 0.328 e. The number of piperidine rings is 1. The predicted molar refractivity (Wildman–Crippen MR) is 104 cm³/mol. The third kappa shape index (κ3) is 3.52. The quantitative estimate of drug-likeness (QED) is 0.709. The highest BCUT2D eigenvalue weighted by Crippen LogP contribution is 2.39. The molecule has 4 amide bonds. The Balaban J connectivity index is 1.84. The molecule has 9 heteroatoms. The van der Waals surface area contributed by atoms with Gasteiger partial charge in [-0.1, -0.05) is 13.8 Å². The summed E-state index contributed by atoms with van der Waals surface area (Å²) in [6.07, 6.45) is 2.88. The van der Waals surface area contributed by atoms with E-state index in [2.05, 4.69) is 9.88 Å². The smallest absolute Gasteiger partial charge is 0.328 e. The molecule has 2 aliphatic heterocycles. The molecule has 0 radical (unpaired) electrons. The van der Waals surface area contributed by atoms with Gasteiger partial charge in [-0.25, -0.2) is 9.78 Å². The Morgan fingerprint density at radius 1 is 1.30 bits per heavy atom. The van der Waals surface area contributed by atoms with Crippen LogP contribution in [0.1, 0.15) is 26.7 Å². The average molecular weight is 394 g/mol. The fourth-order valence-electron chi connectivity index (χ4n) is 3.74. The molecule has 27 heavy (non-hydrogen) atoms. The van der Waals surface area contributed by atoms with Crippen LogP contribution in [0.3, 0.4) is 0 Å². The maximum absolute atomic E-state index is 13.3. The molecule has 0 aliphatic carbocycles. The molecule has 2 aliphatic rings. The first kappa shape index (κ1) is 19.6. The average Bonchev–Trinajstić information content (AvgIpc) is 3.22. The van der Waals surface area contributed by atoms with Crippen molar-refractivity contribution in [3.8, 4) is 0 Å². The molecule has 8 nitrogen and oxygen atoms in total. The van der Waals surface area contributed by atoms with E-state index in [1.807, 2.05) is 19.2 Å². The number of imide groups is 1. The minimum atomic E-state index is -0.846. The predicted octanol–water partition coefficient (Wildman–Crippen LogP) is 1.49. The fraction of sp³-hybridized carbons (Fsp3) is 0.667. The first-order chi connectivity index (χ1) is 12.8. The number of amides is 4. The van der Waals surface area contributed by atoms with Gasteiger partial charge in [0, 0.05) is 45.3 Å². The van der Waals surface area contributed by atoms with Crippen molar-refractivity contribution in [3.05, 3.63) is 11.6 Å². The van der Waals surface area contributed by atoms with Crippen molar-refractivity contribution in [1.82, 2.24) is 19.7 Å². The van der Waals surface area contributed by atoms with Crippen molar-refractivity contribution in [2.75, 3.05) is 45.2 Å². The van der Waals surface area contributed by atoms with Gasteiger partial charge >= 0.3 is 6.03 Å². The molecule has 1 aromatic heterocycles. The summed E-state index contributed by atoms with van der Waals surface area (Å²) in [5.41, 5.74) is -0.846. The number of urea groups is 1. The van der Waals surface area contributed by atoms with E-state index in [0.717, 1.165) is 10.0 Å². The van der Waals surface area contributed by atoms with Crippen LogP contribution in [0.4, 0.5) is 9.93 Å². The SMILES string of the molecule is CC(C)CN1C(=O)N(CC(=O)N(C)C)C(=O)C12CCN(c1nccs1)CC2. The molecule has 2 saturated heterocycles. The van der Waals surface area contributed by atoms with Gasteiger partial charge in [-0.15, -0.1) is 11.3 Å². The van der Waals surface area contributed by atoms with Crippen LogP contribution in [0.2, 0.25) is 0 Å². The van der Waals surface area contributed by atoms with Crippen molar-refractivity contribution in [3.63, 3.8) is 0 Å². The Hall–Kier alpha value is -2.16. The lowest BCUT2D eigenvalue weighted by Crippen LogP contribution is -2.57. The van der Waals surface area contributed by atoms with Crippen LogP contribution in [0.15, 0.2) is 11.6 Å². The number of likely N-dealkylation sites (N-methyl/N-ethyl adjacent to an activating group) is 1. The standard InChI is InChI=1S/C18H27N5O3S/c1-13(2)11-23-17(26)22(12-14(24)20(3)4)15(25)18(23)5-8-21(9-6-18)16-19-7-10-27-16/h7,10,13H,5-6,8-9,11-12H2,1-4H3. The Bertz CT molecular complexity index is 711. The van der Waals surface area contributed by atoms with Crippen molar-refractivity contribution in [2.45, 2.75) is 32.2 Å². The summed E-state index contributed by atoms with van der Waals surface area (Å²) in [7, 11) is 3.25. The van der Waals surface area contributed by atoms with E-state index >= 15 is 0 Å². The van der Waals surface area contributed by atoms with E-state index in [1.54, 1.807) is 36.5 Å². The molecule has 3 heterocycles. The number of hydrogen-bond acceptors (Lipinski definition) is 6. The van der Waals surface area contributed by atoms with E-state index in [1.165, 1.54) is 4.90 Å². The van der Waals surface area contributed by atoms with Crippen molar-refractivity contribution in [1.29, 1.82) is 0 Å². The molecule has 3 rings (SSSR count). The van der Waals surface area contributed by atoms with Crippen LogP contribution in [-0.4, -0.2) is 83.3 Å². The number of thiazole rings is 1. The molecule has 0 atom stereocenters. The molecule has 0 aromatic carbocycles. The third-order valence-electron chi connectivity index (χ3n) is 5.24. The fourth-order valence-corrected chi connectivity index (χ4v) is 4.44. The van der Waals surface area contributed by atoms with Crippen LogP contribution < -0.4 is 4.90 Å². The van der Waals surface area contributed by atoms with E-state index in [4.69, 9.17) is 0 Å².